The number of carbonyl (C=O) groups is 1. The van der Waals surface area contributed by atoms with E-state index in [-0.39, 0.29) is 4.65 Å². The summed E-state index contributed by atoms with van der Waals surface area (Å²) in [6.45, 7) is 4.30. The molecule has 0 fully saturated rings. The third-order valence-corrected chi connectivity index (χ3v) is 4.16. The van der Waals surface area contributed by atoms with Gasteiger partial charge in [0.25, 0.3) is 0 Å². The number of nitrogens with zero attached hydrogens (tertiary/aromatic N) is 1. The van der Waals surface area contributed by atoms with Gasteiger partial charge >= 0.3 is 15.2 Å². The number of rotatable bonds is 4. The number of hydrogen-bond donors (Lipinski definition) is 0. The normalized spacial score (nSPS) is 10.1. The Labute approximate surface area is 85.1 Å². The van der Waals surface area contributed by atoms with E-state index < -0.39 is 15.2 Å². The Morgan fingerprint density at radius 2 is 2.31 bits per heavy atom. The van der Waals surface area contributed by atoms with E-state index in [4.69, 9.17) is 0 Å². The molecule has 0 spiro atoms. The van der Waals surface area contributed by atoms with E-state index in [1.165, 1.54) is 0 Å². The fourth-order valence-electron chi connectivity index (χ4n) is 1.08. The lowest BCUT2D eigenvalue weighted by Crippen LogP contribution is -2.12. The summed E-state index contributed by atoms with van der Waals surface area (Å²) >= 11 is -0.611. The molecule has 0 radical (unpaired) electrons. The van der Waals surface area contributed by atoms with Crippen LogP contribution in [0.5, 0.6) is 0 Å². The van der Waals surface area contributed by atoms with Gasteiger partial charge in [-0.05, 0) is 12.1 Å². The molecule has 0 saturated heterocycles. The van der Waals surface area contributed by atoms with Crippen molar-refractivity contribution in [1.29, 1.82) is 0 Å². The van der Waals surface area contributed by atoms with Gasteiger partial charge in [-0.1, -0.05) is 31.1 Å². The third-order valence-electron chi connectivity index (χ3n) is 1.90. The molecule has 0 aromatic carbocycles. The fraction of sp³-hybridized carbons (Fsp3) is 0.400. The summed E-state index contributed by atoms with van der Waals surface area (Å²) < 4.78 is 0.286. The van der Waals surface area contributed by atoms with Crippen molar-refractivity contribution in [2.24, 2.45) is 5.92 Å². The van der Waals surface area contributed by atoms with Crippen LogP contribution in [0.25, 0.3) is 0 Å². The van der Waals surface area contributed by atoms with Crippen LogP contribution in [0.15, 0.2) is 24.4 Å². The highest BCUT2D eigenvalue weighted by molar-refractivity contribution is 6.77. The summed E-state index contributed by atoms with van der Waals surface area (Å²) in [4.78, 5) is 15.6. The minimum atomic E-state index is -0.611. The van der Waals surface area contributed by atoms with Crippen LogP contribution in [0.4, 0.5) is 0 Å². The molecule has 0 N–H and O–H groups in total. The summed E-state index contributed by atoms with van der Waals surface area (Å²) in [6.07, 6.45) is 1.68. The first-order chi connectivity index (χ1) is 6.20. The van der Waals surface area contributed by atoms with Gasteiger partial charge in [0.1, 0.15) is 0 Å². The van der Waals surface area contributed by atoms with Gasteiger partial charge in [0, 0.05) is 6.20 Å². The van der Waals surface area contributed by atoms with Gasteiger partial charge < -0.3 is 4.79 Å². The standard InChI is InChI=1S/C6H4NO.C4H9.Al.H/c8-5-6-3-1-2-4-7-6;1-4(2)3;;/h1-4H;4H,1H2,2-3H3;;. The first kappa shape index (κ1) is 10.4. The molecule has 1 aromatic heterocycles. The zero-order valence-corrected chi connectivity index (χ0v) is 9.57. The van der Waals surface area contributed by atoms with E-state index in [0.29, 0.717) is 11.6 Å². The van der Waals surface area contributed by atoms with Crippen molar-refractivity contribution >= 4 is 19.9 Å². The first-order valence-corrected chi connectivity index (χ1v) is 6.35. The van der Waals surface area contributed by atoms with Gasteiger partial charge in [0.2, 0.25) is 0 Å². The van der Waals surface area contributed by atoms with Crippen molar-refractivity contribution in [2.75, 3.05) is 0 Å². The summed E-state index contributed by atoms with van der Waals surface area (Å²) in [5.41, 5.74) is 0.648. The molecule has 0 amide bonds. The van der Waals surface area contributed by atoms with Gasteiger partial charge in [0.05, 0.1) is 10.3 Å². The van der Waals surface area contributed by atoms with Crippen molar-refractivity contribution in [3.8, 4) is 0 Å². The van der Waals surface area contributed by atoms with E-state index in [0.717, 1.165) is 5.28 Å². The Hall–Kier alpha value is -0.648. The largest absolute Gasteiger partial charge is 0.353 e. The maximum atomic E-state index is 11.5. The Morgan fingerprint density at radius 3 is 2.85 bits per heavy atom. The maximum Gasteiger partial charge on any atom is 0.353 e. The molecule has 68 valence electrons. The molecule has 2 nitrogen and oxygen atoms in total. The average Bonchev–Trinajstić information content (AvgIpc) is 2.15. The summed E-state index contributed by atoms with van der Waals surface area (Å²) in [6, 6.07) is 5.50. The quantitative estimate of drug-likeness (QED) is 0.678. The van der Waals surface area contributed by atoms with Crippen molar-refractivity contribution in [3.05, 3.63) is 30.1 Å². The van der Waals surface area contributed by atoms with Crippen LogP contribution in [0.3, 0.4) is 0 Å². The van der Waals surface area contributed by atoms with Crippen LogP contribution in [0.1, 0.15) is 24.3 Å². The summed E-state index contributed by atoms with van der Waals surface area (Å²) in [7, 11) is 0. The lowest BCUT2D eigenvalue weighted by molar-refractivity contribution is 0.107. The summed E-state index contributed by atoms with van der Waals surface area (Å²) in [5.74, 6) is 0.638. The van der Waals surface area contributed by atoms with Crippen LogP contribution in [0, 0.1) is 5.92 Å². The van der Waals surface area contributed by atoms with Crippen LogP contribution in [0.2, 0.25) is 5.28 Å². The molecule has 13 heavy (non-hydrogen) atoms. The van der Waals surface area contributed by atoms with Crippen molar-refractivity contribution in [3.63, 3.8) is 0 Å². The fourth-order valence-corrected chi connectivity index (χ4v) is 2.38. The number of carbonyl (C=O) groups excluding carboxylic acids is 1. The monoisotopic (exact) mass is 191 g/mol. The van der Waals surface area contributed by atoms with E-state index in [1.807, 2.05) is 12.1 Å². The molecular weight excluding hydrogens is 177 g/mol. The minimum absolute atomic E-state index is 0.286. The molecule has 0 bridgehead atoms. The molecule has 1 heterocycles. The van der Waals surface area contributed by atoms with Crippen LogP contribution < -0.4 is 0 Å². The Kier molecular flexibility index (Phi) is 4.14. The van der Waals surface area contributed by atoms with Crippen molar-refractivity contribution in [2.45, 2.75) is 19.1 Å². The predicted octanol–water partition coefficient (Wildman–Crippen LogP) is 1.73. The van der Waals surface area contributed by atoms with Crippen LogP contribution in [-0.4, -0.2) is 24.8 Å². The highest BCUT2D eigenvalue weighted by Gasteiger charge is 2.10. The average molecular weight is 191 g/mol. The molecule has 1 rings (SSSR count). The van der Waals surface area contributed by atoms with E-state index in [1.54, 1.807) is 12.3 Å². The van der Waals surface area contributed by atoms with Gasteiger partial charge in [0.15, 0.2) is 0 Å². The lowest BCUT2D eigenvalue weighted by Gasteiger charge is -2.00. The van der Waals surface area contributed by atoms with Gasteiger partial charge in [-0.3, -0.25) is 4.98 Å². The van der Waals surface area contributed by atoms with Gasteiger partial charge in [-0.2, -0.15) is 0 Å². The first-order valence-electron chi connectivity index (χ1n) is 4.64. The second kappa shape index (κ2) is 5.16. The van der Waals surface area contributed by atoms with E-state index in [2.05, 4.69) is 18.8 Å². The van der Waals surface area contributed by atoms with Crippen LogP contribution in [-0.2, 0) is 0 Å². The molecule has 3 heteroatoms. The Morgan fingerprint density at radius 1 is 1.54 bits per heavy atom. The zero-order chi connectivity index (χ0) is 9.68. The SMILES string of the molecule is CC(C)[CH2][AlH][C](=O)c1ccccn1. The predicted molar refractivity (Wildman–Crippen MR) is 55.4 cm³/mol. The minimum Gasteiger partial charge on any atom is -0.315 e. The zero-order valence-electron chi connectivity index (χ0n) is 8.16. The molecule has 1 aromatic rings. The van der Waals surface area contributed by atoms with Crippen molar-refractivity contribution < 1.29 is 4.79 Å². The molecular formula is C10H14AlNO. The molecule has 0 atom stereocenters. The van der Waals surface area contributed by atoms with E-state index >= 15 is 0 Å². The number of hydrogen-bond acceptors (Lipinski definition) is 2. The van der Waals surface area contributed by atoms with Gasteiger partial charge in [-0.15, -0.1) is 0 Å². The van der Waals surface area contributed by atoms with Crippen molar-refractivity contribution in [1.82, 2.24) is 4.98 Å². The second-order valence-corrected chi connectivity index (χ2v) is 5.29. The molecule has 0 aliphatic rings. The molecule has 0 unspecified atom stereocenters. The Bertz CT molecular complexity index is 272. The number of aromatic nitrogens is 1. The lowest BCUT2D eigenvalue weighted by atomic mass is 10.3. The molecule has 0 aliphatic carbocycles. The third kappa shape index (κ3) is 3.71. The maximum absolute atomic E-state index is 11.5. The van der Waals surface area contributed by atoms with E-state index in [9.17, 15) is 4.79 Å². The smallest absolute Gasteiger partial charge is 0.315 e. The molecule has 0 saturated carbocycles. The Balaban J connectivity index is 2.50. The molecule has 0 aliphatic heterocycles. The van der Waals surface area contributed by atoms with Crippen LogP contribution >= 0.6 is 0 Å². The van der Waals surface area contributed by atoms with Gasteiger partial charge in [-0.25, -0.2) is 0 Å². The summed E-state index contributed by atoms with van der Waals surface area (Å²) in [5, 5.41) is 1.08. The second-order valence-electron chi connectivity index (χ2n) is 3.57. The highest BCUT2D eigenvalue weighted by Crippen LogP contribution is 2.02. The topological polar surface area (TPSA) is 30.0 Å². The highest BCUT2D eigenvalue weighted by atomic mass is 27.1. The number of pyridine rings is 1.